The number of amides is 1. The highest BCUT2D eigenvalue weighted by molar-refractivity contribution is 5.98. The number of carboxylic acid groups (broad SMARTS) is 1. The van der Waals surface area contributed by atoms with Crippen molar-refractivity contribution in [1.82, 2.24) is 10.3 Å². The number of ether oxygens (including phenoxy) is 2. The number of benzene rings is 1. The van der Waals surface area contributed by atoms with Crippen molar-refractivity contribution >= 4 is 11.9 Å². The van der Waals surface area contributed by atoms with Crippen LogP contribution in [0.5, 0.6) is 11.6 Å². The molecule has 0 atom stereocenters. The second-order valence-corrected chi connectivity index (χ2v) is 8.34. The Hall–Kier alpha value is -3.09. The molecule has 1 saturated carbocycles. The maximum absolute atomic E-state index is 12.9. The van der Waals surface area contributed by atoms with E-state index < -0.39 is 17.4 Å². The van der Waals surface area contributed by atoms with Crippen LogP contribution in [0.1, 0.15) is 54.1 Å². The van der Waals surface area contributed by atoms with Gasteiger partial charge in [-0.05, 0) is 44.1 Å². The van der Waals surface area contributed by atoms with Gasteiger partial charge in [-0.15, -0.1) is 0 Å². The number of carbonyl (C=O) groups excluding carboxylic acids is 1. The molecule has 0 unspecified atom stereocenters. The normalized spacial score (nSPS) is 20.7. The van der Waals surface area contributed by atoms with Gasteiger partial charge in [-0.2, -0.15) is 0 Å². The summed E-state index contributed by atoms with van der Waals surface area (Å²) in [6.45, 7) is 4.53. The Morgan fingerprint density at radius 2 is 2.00 bits per heavy atom. The third-order valence-electron chi connectivity index (χ3n) is 5.89. The number of aromatic nitrogens is 1. The van der Waals surface area contributed by atoms with Crippen molar-refractivity contribution in [3.63, 3.8) is 0 Å². The molecule has 1 fully saturated rings. The predicted octanol–water partition coefficient (Wildman–Crippen LogP) is 3.78. The molecule has 31 heavy (non-hydrogen) atoms. The highest BCUT2D eigenvalue weighted by atomic mass is 16.5. The fourth-order valence-corrected chi connectivity index (χ4v) is 3.90. The molecular weight excluding hydrogens is 396 g/mol. The third-order valence-corrected chi connectivity index (χ3v) is 5.89. The Morgan fingerprint density at radius 1 is 1.26 bits per heavy atom. The summed E-state index contributed by atoms with van der Waals surface area (Å²) < 4.78 is 11.1. The van der Waals surface area contributed by atoms with Crippen LogP contribution in [-0.4, -0.2) is 41.2 Å². The van der Waals surface area contributed by atoms with Gasteiger partial charge in [-0.3, -0.25) is 4.79 Å². The second-order valence-electron chi connectivity index (χ2n) is 8.34. The van der Waals surface area contributed by atoms with Crippen molar-refractivity contribution in [2.24, 2.45) is 5.92 Å². The van der Waals surface area contributed by atoms with Crippen LogP contribution in [0.15, 0.2) is 36.5 Å². The molecule has 2 N–H and O–H groups in total. The van der Waals surface area contributed by atoms with Crippen molar-refractivity contribution < 1.29 is 24.2 Å². The van der Waals surface area contributed by atoms with Crippen LogP contribution in [0.4, 0.5) is 0 Å². The summed E-state index contributed by atoms with van der Waals surface area (Å²) >= 11 is 0. The smallest absolute Gasteiger partial charge is 0.329 e. The highest BCUT2D eigenvalue weighted by Gasteiger charge is 2.42. The molecule has 2 aromatic rings. The summed E-state index contributed by atoms with van der Waals surface area (Å²) in [5, 5.41) is 12.5. The fraction of sp³-hybridized carbons (Fsp3) is 0.458. The first-order valence-corrected chi connectivity index (χ1v) is 10.6. The number of carboxylic acids is 1. The van der Waals surface area contributed by atoms with Crippen LogP contribution < -0.4 is 14.8 Å². The van der Waals surface area contributed by atoms with Gasteiger partial charge in [-0.1, -0.05) is 36.8 Å². The minimum Gasteiger partial charge on any atom is -0.488 e. The number of nitrogens with zero attached hydrogens (tertiary/aromatic N) is 1. The van der Waals surface area contributed by atoms with E-state index in [1.54, 1.807) is 6.07 Å². The van der Waals surface area contributed by atoms with Crippen LogP contribution in [0, 0.1) is 12.8 Å². The van der Waals surface area contributed by atoms with E-state index in [2.05, 4.69) is 23.3 Å². The van der Waals surface area contributed by atoms with Gasteiger partial charge >= 0.3 is 5.97 Å². The average molecular weight is 427 g/mol. The van der Waals surface area contributed by atoms with E-state index >= 15 is 0 Å². The Bertz CT molecular complexity index is 935. The number of pyridine rings is 1. The van der Waals surface area contributed by atoms with Crippen LogP contribution in [0.2, 0.25) is 0 Å². The van der Waals surface area contributed by atoms with Gasteiger partial charge in [-0.25, -0.2) is 9.78 Å². The lowest BCUT2D eigenvalue weighted by Gasteiger charge is -2.36. The van der Waals surface area contributed by atoms with E-state index in [4.69, 9.17) is 9.47 Å². The number of aliphatic carboxylic acids is 1. The molecule has 0 aliphatic heterocycles. The Balaban J connectivity index is 1.71. The number of nitrogens with one attached hydrogen (secondary N) is 1. The van der Waals surface area contributed by atoms with E-state index in [0.29, 0.717) is 37.5 Å². The van der Waals surface area contributed by atoms with E-state index in [-0.39, 0.29) is 11.4 Å². The predicted molar refractivity (Wildman–Crippen MR) is 117 cm³/mol. The molecule has 0 bridgehead atoms. The molecule has 0 radical (unpaired) electrons. The SMILES string of the molecule is COc1ncc(C(=O)N[C@]2(C(=O)O)CC[C@H](C)CC2)cc1OCCc1cccc(C)c1. The molecule has 0 saturated heterocycles. The molecule has 166 valence electrons. The molecule has 7 heteroatoms. The van der Waals surface area contributed by atoms with Gasteiger partial charge in [0.25, 0.3) is 11.8 Å². The van der Waals surface area contributed by atoms with Crippen molar-refractivity contribution in [3.05, 3.63) is 53.2 Å². The van der Waals surface area contributed by atoms with Gasteiger partial charge in [0.05, 0.1) is 19.3 Å². The molecule has 1 heterocycles. The largest absolute Gasteiger partial charge is 0.488 e. The van der Waals surface area contributed by atoms with E-state index in [0.717, 1.165) is 18.4 Å². The number of hydrogen-bond acceptors (Lipinski definition) is 5. The lowest BCUT2D eigenvalue weighted by atomic mass is 9.77. The molecule has 7 nitrogen and oxygen atoms in total. The molecule has 1 aromatic carbocycles. The standard InChI is InChI=1S/C24H30N2O5/c1-16-7-10-24(11-8-16,23(28)29)26-21(27)19-14-20(22(30-3)25-15-19)31-12-9-18-6-4-5-17(2)13-18/h4-6,13-16H,7-12H2,1-3H3,(H,26,27)(H,28,29)/t16-,24+. The van der Waals surface area contributed by atoms with Crippen LogP contribution >= 0.6 is 0 Å². The number of methoxy groups -OCH3 is 1. The van der Waals surface area contributed by atoms with Crippen molar-refractivity contribution in [2.75, 3.05) is 13.7 Å². The van der Waals surface area contributed by atoms with Gasteiger partial charge in [0, 0.05) is 18.7 Å². The van der Waals surface area contributed by atoms with Crippen molar-refractivity contribution in [1.29, 1.82) is 0 Å². The van der Waals surface area contributed by atoms with Crippen molar-refractivity contribution in [2.45, 2.75) is 51.5 Å². The van der Waals surface area contributed by atoms with Gasteiger partial charge in [0.2, 0.25) is 0 Å². The minimum atomic E-state index is -1.24. The first-order valence-electron chi connectivity index (χ1n) is 10.6. The van der Waals surface area contributed by atoms with Gasteiger partial charge in [0.1, 0.15) is 5.54 Å². The maximum atomic E-state index is 12.9. The quantitative estimate of drug-likeness (QED) is 0.667. The molecular formula is C24H30N2O5. The molecule has 1 amide bonds. The number of aryl methyl sites for hydroxylation is 1. The third kappa shape index (κ3) is 5.54. The van der Waals surface area contributed by atoms with E-state index in [9.17, 15) is 14.7 Å². The zero-order valence-electron chi connectivity index (χ0n) is 18.3. The molecule has 3 rings (SSSR count). The first kappa shape index (κ1) is 22.6. The summed E-state index contributed by atoms with van der Waals surface area (Å²) in [7, 11) is 1.48. The van der Waals surface area contributed by atoms with E-state index in [1.807, 2.05) is 25.1 Å². The van der Waals surface area contributed by atoms with Gasteiger partial charge in [0.15, 0.2) is 5.75 Å². The lowest BCUT2D eigenvalue weighted by molar-refractivity contribution is -0.146. The Labute approximate surface area is 182 Å². The molecule has 0 spiro atoms. The molecule has 1 aliphatic carbocycles. The second kappa shape index (κ2) is 9.81. The minimum absolute atomic E-state index is 0.241. The van der Waals surface area contributed by atoms with Crippen LogP contribution in [0.3, 0.4) is 0 Å². The van der Waals surface area contributed by atoms with Crippen molar-refractivity contribution in [3.8, 4) is 11.6 Å². The summed E-state index contributed by atoms with van der Waals surface area (Å²) in [4.78, 5) is 29.0. The Kier molecular flexibility index (Phi) is 7.15. The topological polar surface area (TPSA) is 97.8 Å². The van der Waals surface area contributed by atoms with E-state index in [1.165, 1.54) is 18.9 Å². The van der Waals surface area contributed by atoms with Gasteiger partial charge < -0.3 is 19.9 Å². The summed E-state index contributed by atoms with van der Waals surface area (Å²) in [5.74, 6) is -0.385. The fourth-order valence-electron chi connectivity index (χ4n) is 3.90. The lowest BCUT2D eigenvalue weighted by Crippen LogP contribution is -2.56. The summed E-state index contributed by atoms with van der Waals surface area (Å²) in [6, 6.07) is 9.72. The molecule has 1 aromatic heterocycles. The number of hydrogen-bond donors (Lipinski definition) is 2. The summed E-state index contributed by atoms with van der Waals surface area (Å²) in [6.07, 6.45) is 4.43. The maximum Gasteiger partial charge on any atom is 0.329 e. The Morgan fingerprint density at radius 3 is 2.65 bits per heavy atom. The molecule has 1 aliphatic rings. The zero-order chi connectivity index (χ0) is 22.4. The monoisotopic (exact) mass is 426 g/mol. The van der Waals surface area contributed by atoms with Crippen LogP contribution in [-0.2, 0) is 11.2 Å². The van der Waals surface area contributed by atoms with Crippen LogP contribution in [0.25, 0.3) is 0 Å². The average Bonchev–Trinajstić information content (AvgIpc) is 2.75. The first-order chi connectivity index (χ1) is 14.8. The number of carbonyl (C=O) groups is 2. The summed E-state index contributed by atoms with van der Waals surface area (Å²) in [5.41, 5.74) is 1.33. The highest BCUT2D eigenvalue weighted by Crippen LogP contribution is 2.33. The zero-order valence-corrected chi connectivity index (χ0v) is 18.3. The number of rotatable bonds is 8.